The number of allylic oxidation sites excluding steroid dienone is 3. The summed E-state index contributed by atoms with van der Waals surface area (Å²) in [7, 11) is 1.69. The predicted molar refractivity (Wildman–Crippen MR) is 70.2 cm³/mol. The molecule has 90 valence electrons. The van der Waals surface area contributed by atoms with Gasteiger partial charge in [0, 0.05) is 12.1 Å². The van der Waals surface area contributed by atoms with E-state index in [9.17, 15) is 0 Å². The molecular weight excluding hydrogens is 212 g/mol. The quantitative estimate of drug-likeness (QED) is 0.784. The van der Waals surface area contributed by atoms with E-state index in [-0.39, 0.29) is 6.04 Å². The number of hydrogen-bond donors (Lipinski definition) is 2. The van der Waals surface area contributed by atoms with Crippen LogP contribution >= 0.6 is 0 Å². The van der Waals surface area contributed by atoms with Crippen molar-refractivity contribution in [1.29, 1.82) is 0 Å². The summed E-state index contributed by atoms with van der Waals surface area (Å²) in [5, 5.41) is 0. The van der Waals surface area contributed by atoms with Crippen molar-refractivity contribution >= 4 is 5.69 Å². The summed E-state index contributed by atoms with van der Waals surface area (Å²) < 4.78 is 5.20. The molecule has 3 heteroatoms. The molecule has 0 aromatic heterocycles. The minimum Gasteiger partial charge on any atom is -0.501 e. The van der Waals surface area contributed by atoms with E-state index >= 15 is 0 Å². The molecule has 1 aliphatic carbocycles. The van der Waals surface area contributed by atoms with Crippen molar-refractivity contribution in [1.82, 2.24) is 0 Å². The third-order valence-electron chi connectivity index (χ3n) is 3.14. The van der Waals surface area contributed by atoms with E-state index in [1.54, 1.807) is 7.11 Å². The summed E-state index contributed by atoms with van der Waals surface area (Å²) in [5.74, 6) is 1.00. The molecule has 0 saturated heterocycles. The standard InChI is InChI=1S/C14H18N2O/c1-17-11-8-6-10(7-9-11)14(16)12-4-2-3-5-13(12)15/h2-6,8,14H,7,9,15-16H2,1H3. The first-order chi connectivity index (χ1) is 8.22. The molecule has 1 aliphatic rings. The van der Waals surface area contributed by atoms with Crippen molar-refractivity contribution in [2.24, 2.45) is 5.73 Å². The van der Waals surface area contributed by atoms with Crippen LogP contribution in [0.2, 0.25) is 0 Å². The first-order valence-electron chi connectivity index (χ1n) is 5.76. The number of rotatable bonds is 3. The molecule has 0 heterocycles. The molecule has 0 amide bonds. The highest BCUT2D eigenvalue weighted by atomic mass is 16.5. The molecule has 4 N–H and O–H groups in total. The van der Waals surface area contributed by atoms with Crippen LogP contribution in [-0.4, -0.2) is 7.11 Å². The Hall–Kier alpha value is -1.74. The summed E-state index contributed by atoms with van der Waals surface area (Å²) in [4.78, 5) is 0. The Labute approximate surface area is 102 Å². The lowest BCUT2D eigenvalue weighted by Gasteiger charge is -2.21. The average Bonchev–Trinajstić information content (AvgIpc) is 2.39. The van der Waals surface area contributed by atoms with Gasteiger partial charge < -0.3 is 16.2 Å². The smallest absolute Gasteiger partial charge is 0.0958 e. The molecule has 2 rings (SSSR count). The van der Waals surface area contributed by atoms with Crippen LogP contribution in [0.5, 0.6) is 0 Å². The maximum absolute atomic E-state index is 6.24. The molecule has 0 spiro atoms. The van der Waals surface area contributed by atoms with Gasteiger partial charge in [-0.05, 0) is 29.7 Å². The van der Waals surface area contributed by atoms with E-state index in [0.29, 0.717) is 0 Å². The highest BCUT2D eigenvalue weighted by Crippen LogP contribution is 2.30. The van der Waals surface area contributed by atoms with Gasteiger partial charge in [-0.25, -0.2) is 0 Å². The zero-order valence-electron chi connectivity index (χ0n) is 10.0. The van der Waals surface area contributed by atoms with Gasteiger partial charge in [-0.3, -0.25) is 0 Å². The van der Waals surface area contributed by atoms with Crippen molar-refractivity contribution in [3.63, 3.8) is 0 Å². The second kappa shape index (κ2) is 5.06. The fourth-order valence-corrected chi connectivity index (χ4v) is 2.06. The molecule has 0 saturated carbocycles. The molecule has 3 nitrogen and oxygen atoms in total. The lowest BCUT2D eigenvalue weighted by molar-refractivity contribution is 0.275. The monoisotopic (exact) mass is 230 g/mol. The van der Waals surface area contributed by atoms with Crippen molar-refractivity contribution < 1.29 is 4.74 Å². The van der Waals surface area contributed by atoms with Gasteiger partial charge in [-0.2, -0.15) is 0 Å². The summed E-state index contributed by atoms with van der Waals surface area (Å²) >= 11 is 0. The van der Waals surface area contributed by atoms with Crippen LogP contribution < -0.4 is 11.5 Å². The van der Waals surface area contributed by atoms with Crippen molar-refractivity contribution in [3.8, 4) is 0 Å². The number of methoxy groups -OCH3 is 1. The largest absolute Gasteiger partial charge is 0.501 e. The maximum atomic E-state index is 6.24. The third-order valence-corrected chi connectivity index (χ3v) is 3.14. The van der Waals surface area contributed by atoms with E-state index in [4.69, 9.17) is 16.2 Å². The van der Waals surface area contributed by atoms with Gasteiger partial charge in [-0.15, -0.1) is 0 Å². The van der Waals surface area contributed by atoms with Gasteiger partial charge in [0.25, 0.3) is 0 Å². The Morgan fingerprint density at radius 3 is 2.53 bits per heavy atom. The first-order valence-corrected chi connectivity index (χ1v) is 5.76. The van der Waals surface area contributed by atoms with Crippen molar-refractivity contribution in [3.05, 3.63) is 53.3 Å². The topological polar surface area (TPSA) is 61.3 Å². The minimum atomic E-state index is -0.120. The van der Waals surface area contributed by atoms with Gasteiger partial charge in [0.2, 0.25) is 0 Å². The maximum Gasteiger partial charge on any atom is 0.0958 e. The number of ether oxygens (including phenoxy) is 1. The Bertz CT molecular complexity index is 463. The third kappa shape index (κ3) is 2.50. The second-order valence-corrected chi connectivity index (χ2v) is 4.19. The van der Waals surface area contributed by atoms with Gasteiger partial charge in [-0.1, -0.05) is 24.3 Å². The van der Waals surface area contributed by atoms with Crippen LogP contribution in [0.3, 0.4) is 0 Å². The molecule has 1 unspecified atom stereocenters. The number of hydrogen-bond acceptors (Lipinski definition) is 3. The van der Waals surface area contributed by atoms with Crippen LogP contribution in [-0.2, 0) is 4.74 Å². The number of anilines is 1. The zero-order valence-corrected chi connectivity index (χ0v) is 10.0. The number of nitrogen functional groups attached to an aromatic ring is 1. The highest BCUT2D eigenvalue weighted by Gasteiger charge is 2.16. The Morgan fingerprint density at radius 1 is 1.18 bits per heavy atom. The fourth-order valence-electron chi connectivity index (χ4n) is 2.06. The Kier molecular flexibility index (Phi) is 3.49. The SMILES string of the molecule is COC1=CC=C(C(N)c2ccccc2N)CC1. The molecule has 1 atom stereocenters. The average molecular weight is 230 g/mol. The van der Waals surface area contributed by atoms with Crippen LogP contribution in [0.25, 0.3) is 0 Å². The van der Waals surface area contributed by atoms with E-state index in [0.717, 1.165) is 29.9 Å². The molecule has 1 aromatic carbocycles. The van der Waals surface area contributed by atoms with E-state index in [1.807, 2.05) is 36.4 Å². The van der Waals surface area contributed by atoms with Gasteiger partial charge in [0.05, 0.1) is 18.9 Å². The summed E-state index contributed by atoms with van der Waals surface area (Å²) in [5.41, 5.74) is 15.1. The summed E-state index contributed by atoms with van der Waals surface area (Å²) in [6.45, 7) is 0. The van der Waals surface area contributed by atoms with E-state index in [2.05, 4.69) is 0 Å². The highest BCUT2D eigenvalue weighted by molar-refractivity contribution is 5.51. The lowest BCUT2D eigenvalue weighted by Crippen LogP contribution is -2.16. The molecule has 17 heavy (non-hydrogen) atoms. The van der Waals surface area contributed by atoms with Crippen molar-refractivity contribution in [2.75, 3.05) is 12.8 Å². The van der Waals surface area contributed by atoms with Gasteiger partial charge in [0.15, 0.2) is 0 Å². The van der Waals surface area contributed by atoms with Crippen LogP contribution in [0, 0.1) is 0 Å². The molecule has 0 bridgehead atoms. The molecule has 1 aromatic rings. The summed E-state index contributed by atoms with van der Waals surface area (Å²) in [6, 6.07) is 7.63. The van der Waals surface area contributed by atoms with Gasteiger partial charge in [0.1, 0.15) is 0 Å². The number of para-hydroxylation sites is 1. The van der Waals surface area contributed by atoms with E-state index in [1.165, 1.54) is 5.57 Å². The molecule has 0 aliphatic heterocycles. The molecule has 0 fully saturated rings. The normalized spacial score (nSPS) is 17.1. The fraction of sp³-hybridized carbons (Fsp3) is 0.286. The molecular formula is C14H18N2O. The lowest BCUT2D eigenvalue weighted by atomic mass is 9.92. The first kappa shape index (κ1) is 11.7. The van der Waals surface area contributed by atoms with Crippen LogP contribution in [0.4, 0.5) is 5.69 Å². The van der Waals surface area contributed by atoms with Crippen LogP contribution in [0.15, 0.2) is 47.7 Å². The zero-order chi connectivity index (χ0) is 12.3. The number of nitrogens with two attached hydrogens (primary N) is 2. The van der Waals surface area contributed by atoms with E-state index < -0.39 is 0 Å². The summed E-state index contributed by atoms with van der Waals surface area (Å²) in [6.07, 6.45) is 5.86. The Balaban J connectivity index is 2.22. The van der Waals surface area contributed by atoms with Crippen molar-refractivity contribution in [2.45, 2.75) is 18.9 Å². The molecule has 0 radical (unpaired) electrons. The predicted octanol–water partition coefficient (Wildman–Crippen LogP) is 2.52. The van der Waals surface area contributed by atoms with Crippen LogP contribution in [0.1, 0.15) is 24.4 Å². The number of benzene rings is 1. The minimum absolute atomic E-state index is 0.120. The Morgan fingerprint density at radius 2 is 1.94 bits per heavy atom. The van der Waals surface area contributed by atoms with Gasteiger partial charge >= 0.3 is 0 Å². The second-order valence-electron chi connectivity index (χ2n) is 4.19.